The average Bonchev–Trinajstić information content (AvgIpc) is 3.19. The van der Waals surface area contributed by atoms with Gasteiger partial charge in [-0.2, -0.15) is 5.26 Å². The molecule has 0 spiro atoms. The van der Waals surface area contributed by atoms with Crippen LogP contribution in [0, 0.1) is 18.3 Å². The van der Waals surface area contributed by atoms with E-state index in [0.717, 1.165) is 40.8 Å². The third-order valence-electron chi connectivity index (χ3n) is 4.84. The Balaban J connectivity index is 1.64. The number of nitrogens with one attached hydrogen (secondary N) is 2. The molecule has 1 saturated heterocycles. The molecule has 1 aliphatic rings. The summed E-state index contributed by atoms with van der Waals surface area (Å²) in [7, 11) is 0. The van der Waals surface area contributed by atoms with Gasteiger partial charge in [-0.25, -0.2) is 9.97 Å². The average molecular weight is 347 g/mol. The van der Waals surface area contributed by atoms with Gasteiger partial charge in [0.05, 0.1) is 23.0 Å². The molecule has 3 heterocycles. The molecule has 1 aromatic carbocycles. The fourth-order valence-corrected chi connectivity index (χ4v) is 3.52. The molecule has 1 aliphatic heterocycles. The van der Waals surface area contributed by atoms with Crippen molar-refractivity contribution in [2.24, 2.45) is 0 Å². The Labute approximate surface area is 152 Å². The SMILES string of the molecule is Cc1nc(-c2c[nH]c3c(C#N)cccc23)cnc1OC1CNC(C)(C)C1. The second-order valence-electron chi connectivity index (χ2n) is 7.40. The normalized spacial score (nSPS) is 18.8. The number of ether oxygens (including phenoxy) is 1. The minimum atomic E-state index is 0.0917. The first-order valence-electron chi connectivity index (χ1n) is 8.73. The van der Waals surface area contributed by atoms with Gasteiger partial charge in [0.15, 0.2) is 0 Å². The van der Waals surface area contributed by atoms with Crippen molar-refractivity contribution >= 4 is 10.9 Å². The fourth-order valence-electron chi connectivity index (χ4n) is 3.52. The van der Waals surface area contributed by atoms with E-state index in [9.17, 15) is 5.26 Å². The fraction of sp³-hybridized carbons (Fsp3) is 0.350. The number of aromatic amines is 1. The van der Waals surface area contributed by atoms with Crippen LogP contribution in [0.4, 0.5) is 0 Å². The van der Waals surface area contributed by atoms with E-state index < -0.39 is 0 Å². The van der Waals surface area contributed by atoms with Gasteiger partial charge in [0.2, 0.25) is 5.88 Å². The van der Waals surface area contributed by atoms with E-state index in [0.29, 0.717) is 11.4 Å². The van der Waals surface area contributed by atoms with Crippen molar-refractivity contribution in [1.82, 2.24) is 20.3 Å². The molecule has 0 amide bonds. The van der Waals surface area contributed by atoms with Crippen LogP contribution in [0.25, 0.3) is 22.2 Å². The molecule has 0 aliphatic carbocycles. The van der Waals surface area contributed by atoms with Gasteiger partial charge in [0.25, 0.3) is 0 Å². The summed E-state index contributed by atoms with van der Waals surface area (Å²) in [6.45, 7) is 7.07. The molecule has 0 saturated carbocycles. The lowest BCUT2D eigenvalue weighted by molar-refractivity contribution is 0.203. The molecule has 26 heavy (non-hydrogen) atoms. The topological polar surface area (TPSA) is 86.6 Å². The summed E-state index contributed by atoms with van der Waals surface area (Å²) in [4.78, 5) is 12.4. The molecule has 2 N–H and O–H groups in total. The maximum Gasteiger partial charge on any atom is 0.235 e. The van der Waals surface area contributed by atoms with E-state index in [1.807, 2.05) is 25.3 Å². The molecule has 6 nitrogen and oxygen atoms in total. The zero-order valence-corrected chi connectivity index (χ0v) is 15.1. The number of nitrogens with zero attached hydrogens (tertiary/aromatic N) is 3. The highest BCUT2D eigenvalue weighted by Gasteiger charge is 2.32. The largest absolute Gasteiger partial charge is 0.472 e. The second-order valence-corrected chi connectivity index (χ2v) is 7.40. The zero-order chi connectivity index (χ0) is 18.3. The first-order chi connectivity index (χ1) is 12.5. The summed E-state index contributed by atoms with van der Waals surface area (Å²) in [5, 5.41) is 13.7. The van der Waals surface area contributed by atoms with Crippen LogP contribution in [0.5, 0.6) is 5.88 Å². The number of H-pyrrole nitrogens is 1. The van der Waals surface area contributed by atoms with E-state index in [2.05, 4.69) is 40.2 Å². The van der Waals surface area contributed by atoms with Crippen LogP contribution >= 0.6 is 0 Å². The first-order valence-corrected chi connectivity index (χ1v) is 8.73. The summed E-state index contributed by atoms with van der Waals surface area (Å²) >= 11 is 0. The minimum absolute atomic E-state index is 0.0917. The van der Waals surface area contributed by atoms with Crippen LogP contribution in [0.2, 0.25) is 0 Å². The van der Waals surface area contributed by atoms with Crippen LogP contribution < -0.4 is 10.1 Å². The number of fused-ring (bicyclic) bond motifs is 1. The van der Waals surface area contributed by atoms with Crippen molar-refractivity contribution in [3.05, 3.63) is 41.9 Å². The highest BCUT2D eigenvalue weighted by molar-refractivity contribution is 5.97. The molecule has 1 unspecified atom stereocenters. The number of benzene rings is 1. The van der Waals surface area contributed by atoms with Gasteiger partial charge in [0.1, 0.15) is 17.9 Å². The highest BCUT2D eigenvalue weighted by atomic mass is 16.5. The van der Waals surface area contributed by atoms with Crippen LogP contribution in [0.1, 0.15) is 31.5 Å². The maximum absolute atomic E-state index is 9.25. The lowest BCUT2D eigenvalue weighted by atomic mass is 10.0. The summed E-state index contributed by atoms with van der Waals surface area (Å²) in [6, 6.07) is 7.87. The van der Waals surface area contributed by atoms with E-state index in [4.69, 9.17) is 4.74 Å². The Morgan fingerprint density at radius 2 is 2.19 bits per heavy atom. The zero-order valence-electron chi connectivity index (χ0n) is 15.1. The van der Waals surface area contributed by atoms with Crippen molar-refractivity contribution in [3.63, 3.8) is 0 Å². The third kappa shape index (κ3) is 2.91. The molecule has 1 atom stereocenters. The Morgan fingerprint density at radius 1 is 1.35 bits per heavy atom. The molecule has 0 bridgehead atoms. The summed E-state index contributed by atoms with van der Waals surface area (Å²) < 4.78 is 6.05. The van der Waals surface area contributed by atoms with Gasteiger partial charge in [-0.1, -0.05) is 12.1 Å². The summed E-state index contributed by atoms with van der Waals surface area (Å²) in [6.07, 6.45) is 4.65. The van der Waals surface area contributed by atoms with Gasteiger partial charge in [-0.05, 0) is 26.8 Å². The minimum Gasteiger partial charge on any atom is -0.472 e. The third-order valence-corrected chi connectivity index (χ3v) is 4.84. The number of hydrogen-bond donors (Lipinski definition) is 2. The lowest BCUT2D eigenvalue weighted by Gasteiger charge is -2.17. The number of para-hydroxylation sites is 1. The predicted molar refractivity (Wildman–Crippen MR) is 99.9 cm³/mol. The smallest absolute Gasteiger partial charge is 0.235 e. The van der Waals surface area contributed by atoms with Crippen LogP contribution in [-0.2, 0) is 0 Å². The highest BCUT2D eigenvalue weighted by Crippen LogP contribution is 2.30. The molecule has 1 fully saturated rings. The Kier molecular flexibility index (Phi) is 3.89. The molecule has 132 valence electrons. The Bertz CT molecular complexity index is 1010. The quantitative estimate of drug-likeness (QED) is 0.759. The monoisotopic (exact) mass is 347 g/mol. The van der Waals surface area contributed by atoms with E-state index in [1.165, 1.54) is 0 Å². The van der Waals surface area contributed by atoms with Gasteiger partial charge in [0, 0.05) is 35.7 Å². The van der Waals surface area contributed by atoms with Crippen molar-refractivity contribution in [2.45, 2.75) is 38.8 Å². The molecular weight excluding hydrogens is 326 g/mol. The number of aryl methyl sites for hydroxylation is 1. The Hall–Kier alpha value is -2.91. The van der Waals surface area contributed by atoms with Crippen molar-refractivity contribution < 1.29 is 4.74 Å². The van der Waals surface area contributed by atoms with Gasteiger partial charge < -0.3 is 15.0 Å². The van der Waals surface area contributed by atoms with Crippen molar-refractivity contribution in [2.75, 3.05) is 6.54 Å². The Morgan fingerprint density at radius 3 is 2.88 bits per heavy atom. The van der Waals surface area contributed by atoms with E-state index in [-0.39, 0.29) is 11.6 Å². The predicted octanol–water partition coefficient (Wildman–Crippen LogP) is 3.32. The van der Waals surface area contributed by atoms with Crippen LogP contribution in [0.3, 0.4) is 0 Å². The summed E-state index contributed by atoms with van der Waals surface area (Å²) in [5.74, 6) is 0.579. The van der Waals surface area contributed by atoms with Gasteiger partial charge in [-0.3, -0.25) is 0 Å². The number of hydrogen-bond acceptors (Lipinski definition) is 5. The number of rotatable bonds is 3. The van der Waals surface area contributed by atoms with Crippen molar-refractivity contribution in [3.8, 4) is 23.2 Å². The maximum atomic E-state index is 9.25. The lowest BCUT2D eigenvalue weighted by Crippen LogP contribution is -2.31. The molecule has 4 rings (SSSR count). The summed E-state index contributed by atoms with van der Waals surface area (Å²) in [5.41, 5.74) is 4.00. The van der Waals surface area contributed by atoms with E-state index >= 15 is 0 Å². The molecule has 3 aromatic rings. The van der Waals surface area contributed by atoms with Crippen LogP contribution in [0.15, 0.2) is 30.6 Å². The number of nitriles is 1. The van der Waals surface area contributed by atoms with Gasteiger partial charge in [-0.15, -0.1) is 0 Å². The molecule has 0 radical (unpaired) electrons. The molecular formula is C20H21N5O. The van der Waals surface area contributed by atoms with Gasteiger partial charge >= 0.3 is 0 Å². The van der Waals surface area contributed by atoms with Crippen molar-refractivity contribution in [1.29, 1.82) is 5.26 Å². The van der Waals surface area contributed by atoms with Crippen LogP contribution in [-0.4, -0.2) is 33.1 Å². The first kappa shape index (κ1) is 16.6. The second kappa shape index (κ2) is 6.11. The number of aromatic nitrogens is 3. The standard InChI is InChI=1S/C20H21N5O/c1-12-19(26-14-7-20(2,3)24-9-14)23-11-17(25-12)16-10-22-18-13(8-21)5-4-6-15(16)18/h4-6,10-11,14,22,24H,7,9H2,1-3H3. The molecule has 2 aromatic heterocycles. The molecule has 6 heteroatoms. The van der Waals surface area contributed by atoms with E-state index in [1.54, 1.807) is 12.3 Å².